The van der Waals surface area contributed by atoms with Crippen molar-refractivity contribution in [2.45, 2.75) is 63.1 Å². The molecule has 9 heteroatoms. The summed E-state index contributed by atoms with van der Waals surface area (Å²) in [7, 11) is -3.58. The van der Waals surface area contributed by atoms with Crippen LogP contribution in [0.4, 0.5) is 4.79 Å². The molecule has 150 valence electrons. The van der Waals surface area contributed by atoms with Crippen molar-refractivity contribution in [1.29, 1.82) is 0 Å². The van der Waals surface area contributed by atoms with Crippen molar-refractivity contribution in [3.05, 3.63) is 29.8 Å². The summed E-state index contributed by atoms with van der Waals surface area (Å²) in [6.07, 6.45) is 2.39. The lowest BCUT2D eigenvalue weighted by atomic mass is 9.86. The highest BCUT2D eigenvalue weighted by molar-refractivity contribution is 7.89. The first kappa shape index (κ1) is 21.2. The van der Waals surface area contributed by atoms with Gasteiger partial charge in [0.1, 0.15) is 0 Å². The Hall–Kier alpha value is -2.13. The largest absolute Gasteiger partial charge is 0.481 e. The van der Waals surface area contributed by atoms with Crippen LogP contribution in [0.25, 0.3) is 0 Å². The van der Waals surface area contributed by atoms with Crippen LogP contribution in [0.3, 0.4) is 0 Å². The van der Waals surface area contributed by atoms with Crippen LogP contribution < -0.4 is 15.4 Å². The average Bonchev–Trinajstić information content (AvgIpc) is 2.59. The maximum atomic E-state index is 12.2. The van der Waals surface area contributed by atoms with Gasteiger partial charge in [-0.05, 0) is 57.2 Å². The van der Waals surface area contributed by atoms with Crippen molar-refractivity contribution < 1.29 is 23.1 Å². The fraction of sp³-hybridized carbons (Fsp3) is 0.556. The molecule has 0 radical (unpaired) electrons. The maximum absolute atomic E-state index is 12.2. The molecule has 2 amide bonds. The van der Waals surface area contributed by atoms with Crippen molar-refractivity contribution in [3.63, 3.8) is 0 Å². The van der Waals surface area contributed by atoms with Crippen LogP contribution >= 0.6 is 0 Å². The third-order valence-corrected chi connectivity index (χ3v) is 6.12. The second-order valence-corrected chi connectivity index (χ2v) is 8.85. The Labute approximate surface area is 159 Å². The minimum Gasteiger partial charge on any atom is -0.481 e. The monoisotopic (exact) mass is 397 g/mol. The minimum atomic E-state index is -3.58. The lowest BCUT2D eigenvalue weighted by Crippen LogP contribution is -2.43. The molecule has 0 heterocycles. The number of carbonyl (C=O) groups is 2. The predicted molar refractivity (Wildman–Crippen MR) is 101 cm³/mol. The molecule has 0 unspecified atom stereocenters. The van der Waals surface area contributed by atoms with Crippen molar-refractivity contribution in [2.24, 2.45) is 5.92 Å². The van der Waals surface area contributed by atoms with E-state index < -0.39 is 16.0 Å². The zero-order chi connectivity index (χ0) is 20.0. The summed E-state index contributed by atoms with van der Waals surface area (Å²) in [4.78, 5) is 23.2. The molecule has 0 atom stereocenters. The first-order chi connectivity index (χ1) is 12.7. The van der Waals surface area contributed by atoms with Gasteiger partial charge in [-0.2, -0.15) is 0 Å². The van der Waals surface area contributed by atoms with Crippen LogP contribution in [0.5, 0.6) is 0 Å². The molecular formula is C18H27N3O5S. The van der Waals surface area contributed by atoms with Gasteiger partial charge in [-0.15, -0.1) is 0 Å². The van der Waals surface area contributed by atoms with E-state index in [4.69, 9.17) is 5.11 Å². The first-order valence-corrected chi connectivity index (χ1v) is 10.5. The quantitative estimate of drug-likeness (QED) is 0.558. The van der Waals surface area contributed by atoms with Gasteiger partial charge in [-0.1, -0.05) is 12.1 Å². The van der Waals surface area contributed by atoms with Crippen LogP contribution in [0.1, 0.15) is 45.1 Å². The van der Waals surface area contributed by atoms with Gasteiger partial charge in [0.15, 0.2) is 0 Å². The van der Waals surface area contributed by atoms with Crippen LogP contribution in [-0.4, -0.2) is 37.6 Å². The second-order valence-electron chi connectivity index (χ2n) is 7.14. The third kappa shape index (κ3) is 6.51. The van der Waals surface area contributed by atoms with Crippen molar-refractivity contribution in [1.82, 2.24) is 15.4 Å². The number of hydrogen-bond acceptors (Lipinski definition) is 4. The topological polar surface area (TPSA) is 125 Å². The van der Waals surface area contributed by atoms with Crippen LogP contribution in [0.15, 0.2) is 29.2 Å². The molecule has 0 spiro atoms. The summed E-state index contributed by atoms with van der Waals surface area (Å²) < 4.78 is 27.0. The fourth-order valence-corrected chi connectivity index (χ4v) is 4.43. The SMILES string of the molecule is CC(C)NS(=O)(=O)c1cccc(CNC(=O)NC2CCC(C(=O)O)CC2)c1. The summed E-state index contributed by atoms with van der Waals surface area (Å²) in [6.45, 7) is 3.69. The second kappa shape index (κ2) is 9.18. The van der Waals surface area contributed by atoms with Crippen molar-refractivity contribution in [2.75, 3.05) is 0 Å². The molecular weight excluding hydrogens is 370 g/mol. The summed E-state index contributed by atoms with van der Waals surface area (Å²) in [5, 5.41) is 14.6. The Morgan fingerprint density at radius 3 is 2.44 bits per heavy atom. The van der Waals surface area contributed by atoms with Crippen LogP contribution in [0.2, 0.25) is 0 Å². The molecule has 8 nitrogen and oxygen atoms in total. The zero-order valence-corrected chi connectivity index (χ0v) is 16.4. The predicted octanol–water partition coefficient (Wildman–Crippen LogP) is 1.82. The van der Waals surface area contributed by atoms with Gasteiger partial charge in [-0.3, -0.25) is 4.79 Å². The molecule has 1 aromatic carbocycles. The normalized spacial score (nSPS) is 20.3. The van der Waals surface area contributed by atoms with Gasteiger partial charge >= 0.3 is 12.0 Å². The molecule has 1 saturated carbocycles. The molecule has 4 N–H and O–H groups in total. The Balaban J connectivity index is 1.85. The van der Waals surface area contributed by atoms with Gasteiger partial charge < -0.3 is 15.7 Å². The molecule has 1 aromatic rings. The van der Waals surface area contributed by atoms with Gasteiger partial charge in [0.25, 0.3) is 0 Å². The van der Waals surface area contributed by atoms with Gasteiger partial charge in [0, 0.05) is 18.6 Å². The number of aliphatic carboxylic acids is 1. The first-order valence-electron chi connectivity index (χ1n) is 9.06. The van der Waals surface area contributed by atoms with E-state index >= 15 is 0 Å². The molecule has 27 heavy (non-hydrogen) atoms. The third-order valence-electron chi connectivity index (χ3n) is 4.46. The number of sulfonamides is 1. The summed E-state index contributed by atoms with van der Waals surface area (Å²) in [5.41, 5.74) is 0.673. The van der Waals surface area contributed by atoms with E-state index in [-0.39, 0.29) is 35.5 Å². The number of carbonyl (C=O) groups excluding carboxylic acids is 1. The Morgan fingerprint density at radius 1 is 1.19 bits per heavy atom. The lowest BCUT2D eigenvalue weighted by Gasteiger charge is -2.26. The molecule has 0 saturated heterocycles. The van der Waals surface area contributed by atoms with E-state index in [2.05, 4.69) is 15.4 Å². The number of benzene rings is 1. The fourth-order valence-electron chi connectivity index (χ4n) is 3.10. The molecule has 1 fully saturated rings. The smallest absolute Gasteiger partial charge is 0.315 e. The number of rotatable bonds is 7. The van der Waals surface area contributed by atoms with Gasteiger partial charge in [0.05, 0.1) is 10.8 Å². The number of hydrogen-bond donors (Lipinski definition) is 4. The Kier molecular flexibility index (Phi) is 7.20. The molecule has 1 aliphatic carbocycles. The molecule has 1 aliphatic rings. The van der Waals surface area contributed by atoms with Crippen molar-refractivity contribution in [3.8, 4) is 0 Å². The van der Waals surface area contributed by atoms with E-state index in [0.717, 1.165) is 0 Å². The van der Waals surface area contributed by atoms with Crippen LogP contribution in [0, 0.1) is 5.92 Å². The van der Waals surface area contributed by atoms with E-state index in [0.29, 0.717) is 31.2 Å². The summed E-state index contributed by atoms with van der Waals surface area (Å²) in [5.74, 6) is -1.10. The molecule has 0 aromatic heterocycles. The Morgan fingerprint density at radius 2 is 1.85 bits per heavy atom. The van der Waals surface area contributed by atoms with E-state index in [9.17, 15) is 18.0 Å². The van der Waals surface area contributed by atoms with Gasteiger partial charge in [-0.25, -0.2) is 17.9 Å². The highest BCUT2D eigenvalue weighted by Crippen LogP contribution is 2.24. The number of amides is 2. The number of carboxylic acid groups (broad SMARTS) is 1. The summed E-state index contributed by atoms with van der Waals surface area (Å²) in [6, 6.07) is 5.82. The number of carboxylic acids is 1. The highest BCUT2D eigenvalue weighted by atomic mass is 32.2. The minimum absolute atomic E-state index is 0.0393. The van der Waals surface area contributed by atoms with E-state index in [1.165, 1.54) is 12.1 Å². The summed E-state index contributed by atoms with van der Waals surface area (Å²) >= 11 is 0. The number of nitrogens with one attached hydrogen (secondary N) is 3. The zero-order valence-electron chi connectivity index (χ0n) is 15.6. The van der Waals surface area contributed by atoms with Gasteiger partial charge in [0.2, 0.25) is 10.0 Å². The van der Waals surface area contributed by atoms with E-state index in [1.807, 2.05) is 0 Å². The lowest BCUT2D eigenvalue weighted by molar-refractivity contribution is -0.142. The van der Waals surface area contributed by atoms with Crippen molar-refractivity contribution >= 4 is 22.0 Å². The highest BCUT2D eigenvalue weighted by Gasteiger charge is 2.26. The standard InChI is InChI=1S/C18H27N3O5S/c1-12(2)21-27(25,26)16-5-3-4-13(10-16)11-19-18(24)20-15-8-6-14(7-9-15)17(22)23/h3-5,10,12,14-15,21H,6-9,11H2,1-2H3,(H,22,23)(H2,19,20,24). The number of urea groups is 1. The molecule has 0 aliphatic heterocycles. The van der Waals surface area contributed by atoms with Crippen LogP contribution in [-0.2, 0) is 21.4 Å². The maximum Gasteiger partial charge on any atom is 0.315 e. The Bertz CT molecular complexity index is 771. The van der Waals surface area contributed by atoms with E-state index in [1.54, 1.807) is 26.0 Å². The molecule has 0 bridgehead atoms. The molecule has 2 rings (SSSR count). The average molecular weight is 397 g/mol.